The van der Waals surface area contributed by atoms with Gasteiger partial charge in [-0.1, -0.05) is 0 Å². The second-order valence-corrected chi connectivity index (χ2v) is 2.05. The summed E-state index contributed by atoms with van der Waals surface area (Å²) >= 11 is 0. The van der Waals surface area contributed by atoms with Crippen LogP contribution >= 0.6 is 0 Å². The van der Waals surface area contributed by atoms with Gasteiger partial charge in [0.15, 0.2) is 0 Å². The van der Waals surface area contributed by atoms with Crippen molar-refractivity contribution in [1.29, 1.82) is 0 Å². The molecule has 0 bridgehead atoms. The normalized spacial score (nSPS) is 9.56. The standard InChI is InChI=1S/C6H9N3/c1-4-3-5(2)8-9-6(4)7/h3H,1-2H3,(H2,7,9). The minimum absolute atomic E-state index is 0.514. The molecule has 1 aromatic heterocycles. The number of aryl methyl sites for hydroxylation is 2. The van der Waals surface area contributed by atoms with Gasteiger partial charge in [-0.15, -0.1) is 5.10 Å². The Balaban J connectivity index is 3.17. The van der Waals surface area contributed by atoms with Gasteiger partial charge < -0.3 is 5.73 Å². The molecule has 0 radical (unpaired) electrons. The first-order valence-electron chi connectivity index (χ1n) is 2.76. The van der Waals surface area contributed by atoms with E-state index in [1.165, 1.54) is 0 Å². The van der Waals surface area contributed by atoms with Gasteiger partial charge in [-0.05, 0) is 25.5 Å². The Morgan fingerprint density at radius 3 is 2.44 bits per heavy atom. The van der Waals surface area contributed by atoms with Gasteiger partial charge in [-0.2, -0.15) is 5.10 Å². The summed E-state index contributed by atoms with van der Waals surface area (Å²) in [6.45, 7) is 3.80. The molecule has 1 heterocycles. The third kappa shape index (κ3) is 1.16. The summed E-state index contributed by atoms with van der Waals surface area (Å²) in [7, 11) is 0. The highest BCUT2D eigenvalue weighted by molar-refractivity contribution is 5.36. The maximum absolute atomic E-state index is 5.42. The second-order valence-electron chi connectivity index (χ2n) is 2.05. The van der Waals surface area contributed by atoms with Crippen LogP contribution in [0.2, 0.25) is 0 Å². The Bertz CT molecular complexity index is 220. The Hall–Kier alpha value is -1.12. The number of anilines is 1. The smallest absolute Gasteiger partial charge is 0.149 e. The van der Waals surface area contributed by atoms with Crippen LogP contribution < -0.4 is 5.73 Å². The Labute approximate surface area is 53.9 Å². The molecule has 0 saturated carbocycles. The van der Waals surface area contributed by atoms with Crippen molar-refractivity contribution < 1.29 is 0 Å². The van der Waals surface area contributed by atoms with E-state index in [2.05, 4.69) is 10.2 Å². The van der Waals surface area contributed by atoms with Gasteiger partial charge >= 0.3 is 0 Å². The molecular formula is C6H9N3. The molecule has 0 atom stereocenters. The molecule has 0 aliphatic heterocycles. The maximum atomic E-state index is 5.42. The summed E-state index contributed by atoms with van der Waals surface area (Å²) < 4.78 is 0. The van der Waals surface area contributed by atoms with E-state index < -0.39 is 0 Å². The zero-order valence-corrected chi connectivity index (χ0v) is 5.55. The van der Waals surface area contributed by atoms with Crippen LogP contribution in [0.15, 0.2) is 6.07 Å². The summed E-state index contributed by atoms with van der Waals surface area (Å²) in [6.07, 6.45) is 0. The van der Waals surface area contributed by atoms with Crippen LogP contribution in [0.1, 0.15) is 11.3 Å². The van der Waals surface area contributed by atoms with E-state index in [0.29, 0.717) is 5.82 Å². The summed E-state index contributed by atoms with van der Waals surface area (Å²) in [5.74, 6) is 0.514. The Kier molecular flexibility index (Phi) is 1.34. The number of rotatable bonds is 0. The van der Waals surface area contributed by atoms with Gasteiger partial charge in [0.1, 0.15) is 5.82 Å². The topological polar surface area (TPSA) is 51.8 Å². The molecule has 0 fully saturated rings. The van der Waals surface area contributed by atoms with Crippen molar-refractivity contribution in [2.75, 3.05) is 5.73 Å². The lowest BCUT2D eigenvalue weighted by Crippen LogP contribution is -1.97. The van der Waals surface area contributed by atoms with E-state index >= 15 is 0 Å². The van der Waals surface area contributed by atoms with E-state index in [0.717, 1.165) is 11.3 Å². The number of nitrogen functional groups attached to an aromatic ring is 1. The van der Waals surface area contributed by atoms with Crippen molar-refractivity contribution in [2.24, 2.45) is 0 Å². The van der Waals surface area contributed by atoms with Gasteiger partial charge in [-0.3, -0.25) is 0 Å². The highest BCUT2D eigenvalue weighted by atomic mass is 15.1. The van der Waals surface area contributed by atoms with Crippen molar-refractivity contribution in [3.63, 3.8) is 0 Å². The number of nitrogens with two attached hydrogens (primary N) is 1. The van der Waals surface area contributed by atoms with Crippen molar-refractivity contribution in [1.82, 2.24) is 10.2 Å². The fraction of sp³-hybridized carbons (Fsp3) is 0.333. The van der Waals surface area contributed by atoms with Crippen molar-refractivity contribution in [3.05, 3.63) is 17.3 Å². The van der Waals surface area contributed by atoms with Crippen molar-refractivity contribution in [2.45, 2.75) is 13.8 Å². The van der Waals surface area contributed by atoms with Gasteiger partial charge in [-0.25, -0.2) is 0 Å². The predicted octanol–water partition coefficient (Wildman–Crippen LogP) is 0.676. The van der Waals surface area contributed by atoms with E-state index in [-0.39, 0.29) is 0 Å². The van der Waals surface area contributed by atoms with E-state index in [1.54, 1.807) is 0 Å². The summed E-state index contributed by atoms with van der Waals surface area (Å²) in [6, 6.07) is 1.91. The van der Waals surface area contributed by atoms with E-state index in [1.807, 2.05) is 19.9 Å². The third-order valence-corrected chi connectivity index (χ3v) is 1.14. The highest BCUT2D eigenvalue weighted by Gasteiger charge is 1.92. The lowest BCUT2D eigenvalue weighted by Gasteiger charge is -1.95. The number of hydrogen-bond acceptors (Lipinski definition) is 3. The summed E-state index contributed by atoms with van der Waals surface area (Å²) in [4.78, 5) is 0. The molecule has 0 spiro atoms. The fourth-order valence-electron chi connectivity index (χ4n) is 0.628. The van der Waals surface area contributed by atoms with Crippen LogP contribution in [0.25, 0.3) is 0 Å². The fourth-order valence-corrected chi connectivity index (χ4v) is 0.628. The average molecular weight is 123 g/mol. The molecule has 0 unspecified atom stereocenters. The zero-order chi connectivity index (χ0) is 6.85. The zero-order valence-electron chi connectivity index (χ0n) is 5.55. The van der Waals surface area contributed by atoms with Crippen LogP contribution in [0.5, 0.6) is 0 Å². The summed E-state index contributed by atoms with van der Waals surface area (Å²) in [5, 5.41) is 7.47. The molecule has 0 aliphatic rings. The molecule has 0 amide bonds. The molecule has 3 nitrogen and oxygen atoms in total. The highest BCUT2D eigenvalue weighted by Crippen LogP contribution is 2.04. The first kappa shape index (κ1) is 6.01. The number of aromatic nitrogens is 2. The average Bonchev–Trinajstić information content (AvgIpc) is 1.80. The van der Waals surface area contributed by atoms with Crippen LogP contribution in [-0.2, 0) is 0 Å². The molecule has 0 saturated heterocycles. The minimum atomic E-state index is 0.514. The van der Waals surface area contributed by atoms with Crippen molar-refractivity contribution in [3.8, 4) is 0 Å². The monoisotopic (exact) mass is 123 g/mol. The molecule has 1 aromatic rings. The second kappa shape index (κ2) is 2.01. The Morgan fingerprint density at radius 1 is 1.33 bits per heavy atom. The van der Waals surface area contributed by atoms with Crippen molar-refractivity contribution >= 4 is 5.82 Å². The van der Waals surface area contributed by atoms with E-state index in [4.69, 9.17) is 5.73 Å². The van der Waals surface area contributed by atoms with Gasteiger partial charge in [0.05, 0.1) is 5.69 Å². The molecular weight excluding hydrogens is 114 g/mol. The number of hydrogen-bond donors (Lipinski definition) is 1. The quantitative estimate of drug-likeness (QED) is 0.551. The van der Waals surface area contributed by atoms with Gasteiger partial charge in [0.2, 0.25) is 0 Å². The van der Waals surface area contributed by atoms with E-state index in [9.17, 15) is 0 Å². The summed E-state index contributed by atoms with van der Waals surface area (Å²) in [5.41, 5.74) is 7.31. The molecule has 9 heavy (non-hydrogen) atoms. The third-order valence-electron chi connectivity index (χ3n) is 1.14. The first-order chi connectivity index (χ1) is 4.20. The van der Waals surface area contributed by atoms with Gasteiger partial charge in [0, 0.05) is 0 Å². The molecule has 0 aliphatic carbocycles. The Morgan fingerprint density at radius 2 is 2.00 bits per heavy atom. The largest absolute Gasteiger partial charge is 0.382 e. The molecule has 2 N–H and O–H groups in total. The van der Waals surface area contributed by atoms with Crippen LogP contribution in [0.4, 0.5) is 5.82 Å². The number of nitrogens with zero attached hydrogens (tertiary/aromatic N) is 2. The lowest BCUT2D eigenvalue weighted by molar-refractivity contribution is 0.977. The SMILES string of the molecule is Cc1cc(C)c(N)nn1. The van der Waals surface area contributed by atoms with Crippen LogP contribution in [-0.4, -0.2) is 10.2 Å². The molecule has 1 rings (SSSR count). The lowest BCUT2D eigenvalue weighted by atomic mass is 10.3. The first-order valence-corrected chi connectivity index (χ1v) is 2.76. The molecule has 48 valence electrons. The van der Waals surface area contributed by atoms with Gasteiger partial charge in [0.25, 0.3) is 0 Å². The van der Waals surface area contributed by atoms with Crippen LogP contribution in [0, 0.1) is 13.8 Å². The molecule has 0 aromatic carbocycles. The van der Waals surface area contributed by atoms with Crippen LogP contribution in [0.3, 0.4) is 0 Å². The minimum Gasteiger partial charge on any atom is -0.382 e. The maximum Gasteiger partial charge on any atom is 0.149 e. The predicted molar refractivity (Wildman–Crippen MR) is 35.9 cm³/mol. The molecule has 3 heteroatoms.